The first-order chi connectivity index (χ1) is 8.41. The summed E-state index contributed by atoms with van der Waals surface area (Å²) in [5.74, 6) is 0.261. The number of hydrogen-bond acceptors (Lipinski definition) is 2. The fourth-order valence-corrected chi connectivity index (χ4v) is 1.65. The summed E-state index contributed by atoms with van der Waals surface area (Å²) >= 11 is 0. The summed E-state index contributed by atoms with van der Waals surface area (Å²) in [4.78, 5) is 11.2. The number of benzene rings is 1. The third-order valence-electron chi connectivity index (χ3n) is 3.09. The van der Waals surface area contributed by atoms with E-state index in [0.717, 1.165) is 5.56 Å². The third-order valence-corrected chi connectivity index (χ3v) is 3.09. The lowest BCUT2D eigenvalue weighted by Crippen LogP contribution is -2.27. The monoisotopic (exact) mass is 244 g/mol. The van der Waals surface area contributed by atoms with Crippen LogP contribution in [0.5, 0.6) is 0 Å². The van der Waals surface area contributed by atoms with Gasteiger partial charge in [-0.15, -0.1) is 0 Å². The normalized spacial score (nSPS) is 11.5. The van der Waals surface area contributed by atoms with E-state index in [1.165, 1.54) is 5.56 Å². The van der Waals surface area contributed by atoms with Crippen LogP contribution in [0.25, 0.3) is 11.3 Å². The van der Waals surface area contributed by atoms with Gasteiger partial charge in [0.05, 0.1) is 0 Å². The Morgan fingerprint density at radius 2 is 1.72 bits per heavy atom. The van der Waals surface area contributed by atoms with Crippen LogP contribution in [0.4, 0.5) is 0 Å². The second-order valence-electron chi connectivity index (χ2n) is 4.96. The van der Waals surface area contributed by atoms with E-state index in [1.54, 1.807) is 19.9 Å². The molecule has 1 heterocycles. The smallest absolute Gasteiger partial charge is 0.316 e. The minimum absolute atomic E-state index is 0.463. The molecule has 0 saturated carbocycles. The molecule has 0 amide bonds. The summed E-state index contributed by atoms with van der Waals surface area (Å²) in [7, 11) is 0. The molecule has 0 fully saturated rings. The van der Waals surface area contributed by atoms with E-state index in [2.05, 4.69) is 0 Å². The van der Waals surface area contributed by atoms with Gasteiger partial charge in [0.2, 0.25) is 0 Å². The Morgan fingerprint density at radius 1 is 1.11 bits per heavy atom. The maximum absolute atomic E-state index is 11.2. The molecule has 2 aromatic rings. The van der Waals surface area contributed by atoms with Crippen LogP contribution in [-0.4, -0.2) is 11.1 Å². The number of carboxylic acid groups (broad SMARTS) is 1. The molecule has 2 rings (SSSR count). The predicted molar refractivity (Wildman–Crippen MR) is 69.5 cm³/mol. The Kier molecular flexibility index (Phi) is 2.99. The van der Waals surface area contributed by atoms with E-state index >= 15 is 0 Å². The molecule has 0 aliphatic heterocycles. The summed E-state index contributed by atoms with van der Waals surface area (Å²) in [5, 5.41) is 9.15. The van der Waals surface area contributed by atoms with E-state index in [0.29, 0.717) is 11.5 Å². The third kappa shape index (κ3) is 2.16. The van der Waals surface area contributed by atoms with Crippen molar-refractivity contribution in [2.45, 2.75) is 26.2 Å². The maximum atomic E-state index is 11.2. The zero-order chi connectivity index (χ0) is 13.3. The minimum Gasteiger partial charge on any atom is -0.481 e. The van der Waals surface area contributed by atoms with Crippen LogP contribution in [0.15, 0.2) is 40.8 Å². The Hall–Kier alpha value is -2.03. The highest BCUT2D eigenvalue weighted by molar-refractivity contribution is 5.79. The van der Waals surface area contributed by atoms with Crippen LogP contribution < -0.4 is 0 Å². The summed E-state index contributed by atoms with van der Waals surface area (Å²) in [6, 6.07) is 11.5. The summed E-state index contributed by atoms with van der Waals surface area (Å²) in [6.07, 6.45) is 0. The first kappa shape index (κ1) is 12.4. The number of rotatable bonds is 3. The Labute approximate surface area is 106 Å². The number of aliphatic carboxylic acids is 1. The van der Waals surface area contributed by atoms with Crippen molar-refractivity contribution in [1.82, 2.24) is 0 Å². The lowest BCUT2D eigenvalue weighted by molar-refractivity contribution is -0.143. The molecule has 0 bridgehead atoms. The van der Waals surface area contributed by atoms with Crippen molar-refractivity contribution in [1.29, 1.82) is 0 Å². The molecule has 1 aromatic carbocycles. The number of carboxylic acids is 1. The average Bonchev–Trinajstić information content (AvgIpc) is 2.79. The highest BCUT2D eigenvalue weighted by Crippen LogP contribution is 2.30. The molecule has 3 heteroatoms. The topological polar surface area (TPSA) is 50.4 Å². The molecule has 0 saturated heterocycles. The second kappa shape index (κ2) is 4.33. The SMILES string of the molecule is Cc1ccc(-c2ccc(C(C)(C)C(=O)O)o2)cc1. The van der Waals surface area contributed by atoms with Gasteiger partial charge in [-0.05, 0) is 32.9 Å². The van der Waals surface area contributed by atoms with Crippen LogP contribution >= 0.6 is 0 Å². The average molecular weight is 244 g/mol. The van der Waals surface area contributed by atoms with Crippen LogP contribution in [0.3, 0.4) is 0 Å². The van der Waals surface area contributed by atoms with Gasteiger partial charge in [0, 0.05) is 5.56 Å². The van der Waals surface area contributed by atoms with Gasteiger partial charge < -0.3 is 9.52 Å². The molecule has 1 N–H and O–H groups in total. The Balaban J connectivity index is 2.37. The molecule has 0 unspecified atom stereocenters. The van der Waals surface area contributed by atoms with Gasteiger partial charge in [-0.2, -0.15) is 0 Å². The van der Waals surface area contributed by atoms with E-state index in [4.69, 9.17) is 9.52 Å². The van der Waals surface area contributed by atoms with Crippen LogP contribution in [0, 0.1) is 6.92 Å². The van der Waals surface area contributed by atoms with Gasteiger partial charge in [-0.25, -0.2) is 0 Å². The first-order valence-corrected chi connectivity index (χ1v) is 5.82. The summed E-state index contributed by atoms with van der Waals surface area (Å²) < 4.78 is 5.65. The van der Waals surface area contributed by atoms with Crippen molar-refractivity contribution in [3.05, 3.63) is 47.7 Å². The highest BCUT2D eigenvalue weighted by Gasteiger charge is 2.33. The van der Waals surface area contributed by atoms with Crippen molar-refractivity contribution in [2.75, 3.05) is 0 Å². The fourth-order valence-electron chi connectivity index (χ4n) is 1.65. The van der Waals surface area contributed by atoms with Crippen molar-refractivity contribution in [2.24, 2.45) is 0 Å². The van der Waals surface area contributed by atoms with Gasteiger partial charge in [-0.3, -0.25) is 4.79 Å². The lowest BCUT2D eigenvalue weighted by Gasteiger charge is -2.15. The van der Waals surface area contributed by atoms with Crippen molar-refractivity contribution in [3.8, 4) is 11.3 Å². The molecule has 0 radical (unpaired) electrons. The predicted octanol–water partition coefficient (Wildman–Crippen LogP) is 3.62. The van der Waals surface area contributed by atoms with Crippen LogP contribution in [0.1, 0.15) is 25.2 Å². The summed E-state index contributed by atoms with van der Waals surface area (Å²) in [5.41, 5.74) is 1.12. The molecule has 0 aliphatic carbocycles. The van der Waals surface area contributed by atoms with Crippen LogP contribution in [0.2, 0.25) is 0 Å². The largest absolute Gasteiger partial charge is 0.481 e. The van der Waals surface area contributed by atoms with E-state index in [9.17, 15) is 4.79 Å². The fraction of sp³-hybridized carbons (Fsp3) is 0.267. The standard InChI is InChI=1S/C15H16O3/c1-10-4-6-11(7-5-10)12-8-9-13(18-12)15(2,3)14(16)17/h4-9H,1-3H3,(H,16,17). The zero-order valence-corrected chi connectivity index (χ0v) is 10.7. The van der Waals surface area contributed by atoms with Gasteiger partial charge in [0.15, 0.2) is 0 Å². The molecule has 1 aromatic heterocycles. The molecule has 3 nitrogen and oxygen atoms in total. The Bertz CT molecular complexity index is 562. The quantitative estimate of drug-likeness (QED) is 0.897. The molecule has 18 heavy (non-hydrogen) atoms. The number of carbonyl (C=O) groups is 1. The molecule has 0 spiro atoms. The minimum atomic E-state index is -1.01. The number of furan rings is 1. The molecular formula is C15H16O3. The summed E-state index contributed by atoms with van der Waals surface area (Å²) in [6.45, 7) is 5.28. The van der Waals surface area contributed by atoms with Gasteiger partial charge >= 0.3 is 5.97 Å². The molecular weight excluding hydrogens is 228 g/mol. The maximum Gasteiger partial charge on any atom is 0.316 e. The van der Waals surface area contributed by atoms with E-state index in [1.807, 2.05) is 37.3 Å². The first-order valence-electron chi connectivity index (χ1n) is 5.82. The van der Waals surface area contributed by atoms with Crippen molar-refractivity contribution < 1.29 is 14.3 Å². The molecule has 0 aliphatic rings. The number of hydrogen-bond donors (Lipinski definition) is 1. The van der Waals surface area contributed by atoms with E-state index < -0.39 is 11.4 Å². The lowest BCUT2D eigenvalue weighted by atomic mass is 9.91. The molecule has 94 valence electrons. The van der Waals surface area contributed by atoms with Gasteiger partial charge in [0.1, 0.15) is 16.9 Å². The zero-order valence-electron chi connectivity index (χ0n) is 10.7. The van der Waals surface area contributed by atoms with Gasteiger partial charge in [-0.1, -0.05) is 29.8 Å². The van der Waals surface area contributed by atoms with Gasteiger partial charge in [0.25, 0.3) is 0 Å². The Morgan fingerprint density at radius 3 is 2.28 bits per heavy atom. The number of aryl methyl sites for hydroxylation is 1. The van der Waals surface area contributed by atoms with Crippen molar-refractivity contribution in [3.63, 3.8) is 0 Å². The molecule has 0 atom stereocenters. The van der Waals surface area contributed by atoms with Crippen molar-refractivity contribution >= 4 is 5.97 Å². The van der Waals surface area contributed by atoms with E-state index in [-0.39, 0.29) is 0 Å². The highest BCUT2D eigenvalue weighted by atomic mass is 16.4. The second-order valence-corrected chi connectivity index (χ2v) is 4.96. The van der Waals surface area contributed by atoms with Crippen LogP contribution in [-0.2, 0) is 10.2 Å².